The minimum atomic E-state index is -0.937. The Bertz CT molecular complexity index is 702. The fourth-order valence-corrected chi connectivity index (χ4v) is 3.99. The van der Waals surface area contributed by atoms with Crippen LogP contribution in [0.25, 0.3) is 0 Å². The number of furan rings is 1. The van der Waals surface area contributed by atoms with Crippen LogP contribution in [0.2, 0.25) is 0 Å². The van der Waals surface area contributed by atoms with Crippen molar-refractivity contribution >= 4 is 11.9 Å². The number of likely N-dealkylation sites (N-methyl/N-ethyl adjacent to an activating group) is 1. The van der Waals surface area contributed by atoms with E-state index in [2.05, 4.69) is 20.8 Å². The molecule has 1 aromatic rings. The van der Waals surface area contributed by atoms with Crippen LogP contribution in [0.15, 0.2) is 4.42 Å². The molecule has 0 spiro atoms. The molecule has 1 rings (SSSR count). The number of carboxylic acids is 1. The number of esters is 1. The van der Waals surface area contributed by atoms with E-state index in [4.69, 9.17) is 14.3 Å². The van der Waals surface area contributed by atoms with Gasteiger partial charge in [0.15, 0.2) is 6.10 Å². The van der Waals surface area contributed by atoms with Crippen LogP contribution in [-0.4, -0.2) is 55.3 Å². The van der Waals surface area contributed by atoms with E-state index in [0.717, 1.165) is 57.1 Å². The van der Waals surface area contributed by atoms with Gasteiger partial charge in [-0.2, -0.15) is 0 Å². The van der Waals surface area contributed by atoms with E-state index in [1.54, 1.807) is 0 Å². The third kappa shape index (κ3) is 11.7. The Morgan fingerprint density at radius 2 is 1.44 bits per heavy atom. The van der Waals surface area contributed by atoms with E-state index in [9.17, 15) is 9.59 Å². The molecule has 0 saturated carbocycles. The van der Waals surface area contributed by atoms with Crippen molar-refractivity contribution in [1.29, 1.82) is 0 Å². The Labute approximate surface area is 194 Å². The third-order valence-electron chi connectivity index (χ3n) is 5.89. The lowest BCUT2D eigenvalue weighted by Gasteiger charge is -2.28. The lowest BCUT2D eigenvalue weighted by atomic mass is 10.0. The summed E-state index contributed by atoms with van der Waals surface area (Å²) in [6, 6.07) is 0. The van der Waals surface area contributed by atoms with Gasteiger partial charge in [0.25, 0.3) is 0 Å². The van der Waals surface area contributed by atoms with E-state index < -0.39 is 12.1 Å². The highest BCUT2D eigenvalue weighted by Crippen LogP contribution is 2.24. The second-order valence-corrected chi connectivity index (χ2v) is 10.1. The first-order chi connectivity index (χ1) is 15.0. The number of ether oxygens (including phenoxy) is 1. The normalized spacial score (nSPS) is 12.7. The molecule has 1 heterocycles. The molecule has 1 aromatic heterocycles. The van der Waals surface area contributed by atoms with Crippen molar-refractivity contribution in [2.75, 3.05) is 27.7 Å². The zero-order chi connectivity index (χ0) is 24.1. The maximum Gasteiger partial charge on any atom is 0.307 e. The number of unbranched alkanes of at least 4 members (excludes halogenated alkanes) is 6. The topological polar surface area (TPSA) is 76.7 Å². The predicted octanol–water partition coefficient (Wildman–Crippen LogP) is 5.60. The maximum atomic E-state index is 12.1. The van der Waals surface area contributed by atoms with Crippen LogP contribution in [0.4, 0.5) is 0 Å². The molecule has 6 heteroatoms. The van der Waals surface area contributed by atoms with Gasteiger partial charge in [0.2, 0.25) is 0 Å². The smallest absolute Gasteiger partial charge is 0.307 e. The van der Waals surface area contributed by atoms with Crippen molar-refractivity contribution in [3.63, 3.8) is 0 Å². The second kappa shape index (κ2) is 14.4. The number of rotatable bonds is 17. The number of aliphatic carboxylic acids is 1. The van der Waals surface area contributed by atoms with Crippen molar-refractivity contribution in [2.24, 2.45) is 0 Å². The molecule has 0 aliphatic rings. The molecule has 0 fully saturated rings. The molecule has 1 atom stereocenters. The standard InChI is InChI=1S/C26H45NO5/c1-7-8-15-23-20(2)21(3)24(32-23)16-13-11-9-10-12-14-17-26(30)31-22(18-25(28)29)19-27(4,5)6/h22H,7-19H2,1-6H3/p+1. The molecule has 0 aromatic carbocycles. The first-order valence-electron chi connectivity index (χ1n) is 12.3. The van der Waals surface area contributed by atoms with E-state index in [1.807, 2.05) is 21.1 Å². The Hall–Kier alpha value is -1.82. The van der Waals surface area contributed by atoms with Crippen LogP contribution in [-0.2, 0) is 27.2 Å². The summed E-state index contributed by atoms with van der Waals surface area (Å²) in [5, 5.41) is 9.04. The minimum Gasteiger partial charge on any atom is -0.481 e. The van der Waals surface area contributed by atoms with Crippen LogP contribution >= 0.6 is 0 Å². The predicted molar refractivity (Wildman–Crippen MR) is 128 cm³/mol. The number of quaternary nitrogens is 1. The highest BCUT2D eigenvalue weighted by Gasteiger charge is 2.24. The highest BCUT2D eigenvalue weighted by atomic mass is 16.5. The summed E-state index contributed by atoms with van der Waals surface area (Å²) in [4.78, 5) is 23.1. The summed E-state index contributed by atoms with van der Waals surface area (Å²) in [5.41, 5.74) is 2.65. The molecule has 6 nitrogen and oxygen atoms in total. The van der Waals surface area contributed by atoms with Crippen LogP contribution in [0.1, 0.15) is 93.8 Å². The lowest BCUT2D eigenvalue weighted by Crippen LogP contribution is -2.43. The largest absolute Gasteiger partial charge is 0.481 e. The molecule has 0 amide bonds. The number of aryl methyl sites for hydroxylation is 2. The van der Waals surface area contributed by atoms with Crippen LogP contribution in [0.5, 0.6) is 0 Å². The molecule has 184 valence electrons. The molecule has 0 bridgehead atoms. The third-order valence-corrected chi connectivity index (χ3v) is 5.89. The van der Waals surface area contributed by atoms with Gasteiger partial charge in [0.1, 0.15) is 18.1 Å². The Morgan fingerprint density at radius 1 is 0.906 bits per heavy atom. The van der Waals surface area contributed by atoms with Gasteiger partial charge in [-0.25, -0.2) is 0 Å². The molecule has 0 aliphatic heterocycles. The van der Waals surface area contributed by atoms with Crippen molar-refractivity contribution in [1.82, 2.24) is 0 Å². The molecule has 1 unspecified atom stereocenters. The molecule has 32 heavy (non-hydrogen) atoms. The Morgan fingerprint density at radius 3 is 1.97 bits per heavy atom. The van der Waals surface area contributed by atoms with Crippen molar-refractivity contribution in [2.45, 2.75) is 104 Å². The van der Waals surface area contributed by atoms with Gasteiger partial charge in [0.05, 0.1) is 27.6 Å². The summed E-state index contributed by atoms with van der Waals surface area (Å²) in [6.45, 7) is 7.04. The van der Waals surface area contributed by atoms with Crippen LogP contribution in [0.3, 0.4) is 0 Å². The van der Waals surface area contributed by atoms with Gasteiger partial charge >= 0.3 is 11.9 Å². The molecular weight excluding hydrogens is 406 g/mol. The van der Waals surface area contributed by atoms with Gasteiger partial charge in [-0.3, -0.25) is 9.59 Å². The minimum absolute atomic E-state index is 0.143. The number of hydrogen-bond donors (Lipinski definition) is 1. The maximum absolute atomic E-state index is 12.1. The first-order valence-corrected chi connectivity index (χ1v) is 12.3. The van der Waals surface area contributed by atoms with Gasteiger partial charge in [-0.15, -0.1) is 0 Å². The average Bonchev–Trinajstić information content (AvgIpc) is 2.94. The number of carboxylic acid groups (broad SMARTS) is 1. The summed E-state index contributed by atoms with van der Waals surface area (Å²) < 4.78 is 12.1. The fraction of sp³-hybridized carbons (Fsp3) is 0.769. The highest BCUT2D eigenvalue weighted by molar-refractivity contribution is 5.71. The van der Waals surface area contributed by atoms with E-state index in [1.165, 1.54) is 29.7 Å². The lowest BCUT2D eigenvalue weighted by molar-refractivity contribution is -0.873. The van der Waals surface area contributed by atoms with Crippen molar-refractivity contribution in [3.05, 3.63) is 22.6 Å². The van der Waals surface area contributed by atoms with Gasteiger partial charge in [-0.1, -0.05) is 39.0 Å². The summed E-state index contributed by atoms with van der Waals surface area (Å²) in [7, 11) is 5.88. The Balaban J connectivity index is 2.20. The quantitative estimate of drug-likeness (QED) is 0.189. The summed E-state index contributed by atoms with van der Waals surface area (Å²) in [5.74, 6) is 1.10. The number of carbonyl (C=O) groups excluding carboxylic acids is 1. The first kappa shape index (κ1) is 28.2. The van der Waals surface area contributed by atoms with Gasteiger partial charge < -0.3 is 18.7 Å². The fourth-order valence-electron chi connectivity index (χ4n) is 3.99. The average molecular weight is 453 g/mol. The van der Waals surface area contributed by atoms with Crippen LogP contribution in [0, 0.1) is 13.8 Å². The number of carbonyl (C=O) groups is 2. The number of nitrogens with zero attached hydrogens (tertiary/aromatic N) is 1. The molecule has 0 aliphatic carbocycles. The zero-order valence-corrected chi connectivity index (χ0v) is 21.3. The second-order valence-electron chi connectivity index (χ2n) is 10.1. The van der Waals surface area contributed by atoms with Crippen molar-refractivity contribution in [3.8, 4) is 0 Å². The van der Waals surface area contributed by atoms with E-state index in [0.29, 0.717) is 17.4 Å². The summed E-state index contributed by atoms with van der Waals surface area (Å²) in [6.07, 6.45) is 10.4. The van der Waals surface area contributed by atoms with E-state index >= 15 is 0 Å². The zero-order valence-electron chi connectivity index (χ0n) is 21.3. The van der Waals surface area contributed by atoms with Crippen molar-refractivity contribution < 1.29 is 28.3 Å². The van der Waals surface area contributed by atoms with Gasteiger partial charge in [-0.05, 0) is 44.2 Å². The summed E-state index contributed by atoms with van der Waals surface area (Å²) >= 11 is 0. The molecule has 0 saturated heterocycles. The van der Waals surface area contributed by atoms with Gasteiger partial charge in [0, 0.05) is 19.3 Å². The van der Waals surface area contributed by atoms with E-state index in [-0.39, 0.29) is 12.4 Å². The monoisotopic (exact) mass is 452 g/mol. The SMILES string of the molecule is CCCCc1oc(CCCCCCCCC(=O)OC(CC(=O)O)C[N+](C)(C)C)c(C)c1C. The molecular formula is C26H46NO5+. The molecule has 1 N–H and O–H groups in total. The number of hydrogen-bond acceptors (Lipinski definition) is 4. The Kier molecular flexibility index (Phi) is 12.7. The van der Waals surface area contributed by atoms with Crippen LogP contribution < -0.4 is 0 Å². The molecule has 0 radical (unpaired) electrons.